The summed E-state index contributed by atoms with van der Waals surface area (Å²) in [5.41, 5.74) is 0.394. The van der Waals surface area contributed by atoms with Crippen LogP contribution in [-0.4, -0.2) is 44.1 Å². The molecule has 2 fully saturated rings. The number of nitrogens with one attached hydrogen (secondary N) is 2. The summed E-state index contributed by atoms with van der Waals surface area (Å²) >= 11 is 0. The van der Waals surface area contributed by atoms with Gasteiger partial charge in [-0.15, -0.1) is 0 Å². The van der Waals surface area contributed by atoms with E-state index in [9.17, 15) is 14.4 Å². The molecule has 3 rings (SSSR count). The quantitative estimate of drug-likeness (QED) is 0.629. The molecule has 2 amide bonds. The Labute approximate surface area is 176 Å². The summed E-state index contributed by atoms with van der Waals surface area (Å²) in [6, 6.07) is 3.18. The van der Waals surface area contributed by atoms with E-state index in [0.29, 0.717) is 11.5 Å². The van der Waals surface area contributed by atoms with Crippen molar-refractivity contribution in [2.45, 2.75) is 64.0 Å². The number of methoxy groups -OCH3 is 2. The lowest BCUT2D eigenvalue weighted by molar-refractivity contribution is -0.129. The molecule has 1 aromatic rings. The summed E-state index contributed by atoms with van der Waals surface area (Å²) in [6.07, 6.45) is 5.78. The standard InChI is InChI=1S/C22H30N2O6/c1-13(20(25)23-15-9-10-15)30-22(27)16-11-18(28-2)19(29-3)12-17(16)24-21(26)14-7-5-4-6-8-14/h11-15H,4-10H2,1-3H3,(H,23,25)(H,24,26)/t13-/m0/s1. The first-order valence-electron chi connectivity index (χ1n) is 10.5. The molecule has 0 saturated heterocycles. The summed E-state index contributed by atoms with van der Waals surface area (Å²) in [5.74, 6) is -0.551. The normalized spacial score (nSPS) is 17.6. The Hall–Kier alpha value is -2.77. The van der Waals surface area contributed by atoms with E-state index in [-0.39, 0.29) is 35.0 Å². The van der Waals surface area contributed by atoms with Crippen LogP contribution in [0.4, 0.5) is 5.69 Å². The van der Waals surface area contributed by atoms with Gasteiger partial charge < -0.3 is 24.8 Å². The minimum atomic E-state index is -0.951. The van der Waals surface area contributed by atoms with Crippen molar-refractivity contribution in [3.05, 3.63) is 17.7 Å². The van der Waals surface area contributed by atoms with Gasteiger partial charge in [-0.2, -0.15) is 0 Å². The highest BCUT2D eigenvalue weighted by Crippen LogP contribution is 2.35. The lowest BCUT2D eigenvalue weighted by atomic mass is 9.88. The molecule has 2 N–H and O–H groups in total. The molecule has 30 heavy (non-hydrogen) atoms. The highest BCUT2D eigenvalue weighted by atomic mass is 16.5. The summed E-state index contributed by atoms with van der Waals surface area (Å²) in [5, 5.41) is 5.67. The molecule has 0 heterocycles. The van der Waals surface area contributed by atoms with E-state index in [1.54, 1.807) is 6.07 Å². The molecule has 164 valence electrons. The van der Waals surface area contributed by atoms with Crippen LogP contribution in [0.1, 0.15) is 62.2 Å². The Bertz CT molecular complexity index is 799. The Morgan fingerprint density at radius 1 is 0.967 bits per heavy atom. The summed E-state index contributed by atoms with van der Waals surface area (Å²) in [4.78, 5) is 37.8. The van der Waals surface area contributed by atoms with Gasteiger partial charge in [0.15, 0.2) is 17.6 Å². The van der Waals surface area contributed by atoms with Crippen LogP contribution in [0.2, 0.25) is 0 Å². The van der Waals surface area contributed by atoms with Crippen molar-refractivity contribution in [1.29, 1.82) is 0 Å². The number of carbonyl (C=O) groups excluding carboxylic acids is 3. The summed E-state index contributed by atoms with van der Waals surface area (Å²) in [6.45, 7) is 1.52. The van der Waals surface area contributed by atoms with E-state index >= 15 is 0 Å². The molecule has 0 aliphatic heterocycles. The van der Waals surface area contributed by atoms with Crippen LogP contribution in [0, 0.1) is 5.92 Å². The van der Waals surface area contributed by atoms with Crippen molar-refractivity contribution >= 4 is 23.5 Å². The van der Waals surface area contributed by atoms with Crippen molar-refractivity contribution < 1.29 is 28.6 Å². The van der Waals surface area contributed by atoms with Gasteiger partial charge in [-0.05, 0) is 32.6 Å². The number of esters is 1. The SMILES string of the molecule is COc1cc(NC(=O)C2CCCCC2)c(C(=O)O[C@@H](C)C(=O)NC2CC2)cc1OC. The van der Waals surface area contributed by atoms with Gasteiger partial charge in [0.25, 0.3) is 5.91 Å². The molecule has 0 unspecified atom stereocenters. The fourth-order valence-electron chi connectivity index (χ4n) is 3.57. The third-order valence-corrected chi connectivity index (χ3v) is 5.55. The maximum absolute atomic E-state index is 12.9. The van der Waals surface area contributed by atoms with E-state index in [1.807, 2.05) is 0 Å². The van der Waals surface area contributed by atoms with Crippen molar-refractivity contribution in [2.24, 2.45) is 5.92 Å². The smallest absolute Gasteiger partial charge is 0.341 e. The molecule has 0 bridgehead atoms. The number of ether oxygens (including phenoxy) is 3. The number of carbonyl (C=O) groups is 3. The maximum atomic E-state index is 12.9. The monoisotopic (exact) mass is 418 g/mol. The van der Waals surface area contributed by atoms with Gasteiger partial charge in [0, 0.05) is 24.1 Å². The molecule has 8 nitrogen and oxygen atoms in total. The van der Waals surface area contributed by atoms with Gasteiger partial charge in [-0.25, -0.2) is 4.79 Å². The molecule has 2 aliphatic rings. The third kappa shape index (κ3) is 5.43. The van der Waals surface area contributed by atoms with E-state index in [4.69, 9.17) is 14.2 Å². The van der Waals surface area contributed by atoms with Gasteiger partial charge in [-0.1, -0.05) is 19.3 Å². The van der Waals surface area contributed by atoms with Crippen LogP contribution in [0.25, 0.3) is 0 Å². The lowest BCUT2D eigenvalue weighted by Gasteiger charge is -2.22. The zero-order chi connectivity index (χ0) is 21.7. The molecule has 0 radical (unpaired) electrons. The van der Waals surface area contributed by atoms with Crippen molar-refractivity contribution in [2.75, 3.05) is 19.5 Å². The topological polar surface area (TPSA) is 103 Å². The molecule has 1 aromatic carbocycles. The Morgan fingerprint density at radius 2 is 1.60 bits per heavy atom. The number of anilines is 1. The van der Waals surface area contributed by atoms with Crippen molar-refractivity contribution in [3.8, 4) is 11.5 Å². The average molecular weight is 418 g/mol. The van der Waals surface area contributed by atoms with Gasteiger partial charge in [-0.3, -0.25) is 9.59 Å². The predicted molar refractivity (Wildman–Crippen MR) is 111 cm³/mol. The number of rotatable bonds is 8. The lowest BCUT2D eigenvalue weighted by Crippen LogP contribution is -2.37. The van der Waals surface area contributed by atoms with Crippen molar-refractivity contribution in [3.63, 3.8) is 0 Å². The number of hydrogen-bond donors (Lipinski definition) is 2. The zero-order valence-electron chi connectivity index (χ0n) is 17.8. The Kier molecular flexibility index (Phi) is 7.18. The minimum absolute atomic E-state index is 0.0843. The fourth-order valence-corrected chi connectivity index (χ4v) is 3.57. The largest absolute Gasteiger partial charge is 0.493 e. The predicted octanol–water partition coefficient (Wildman–Crippen LogP) is 3.05. The van der Waals surface area contributed by atoms with Gasteiger partial charge in [0.05, 0.1) is 25.5 Å². The van der Waals surface area contributed by atoms with Crippen LogP contribution in [0.5, 0.6) is 11.5 Å². The number of hydrogen-bond acceptors (Lipinski definition) is 6. The molecule has 0 spiro atoms. The van der Waals surface area contributed by atoms with E-state index in [2.05, 4.69) is 10.6 Å². The van der Waals surface area contributed by atoms with Crippen LogP contribution >= 0.6 is 0 Å². The highest BCUT2D eigenvalue weighted by molar-refractivity contribution is 6.03. The van der Waals surface area contributed by atoms with Crippen molar-refractivity contribution in [1.82, 2.24) is 5.32 Å². The summed E-state index contributed by atoms with van der Waals surface area (Å²) < 4.78 is 16.0. The minimum Gasteiger partial charge on any atom is -0.493 e. The first kappa shape index (κ1) is 21.9. The van der Waals surface area contributed by atoms with E-state index in [0.717, 1.165) is 44.9 Å². The molecule has 2 aliphatic carbocycles. The van der Waals surface area contributed by atoms with E-state index < -0.39 is 12.1 Å². The highest BCUT2D eigenvalue weighted by Gasteiger charge is 2.29. The summed E-state index contributed by atoms with van der Waals surface area (Å²) in [7, 11) is 2.94. The average Bonchev–Trinajstić information content (AvgIpc) is 3.57. The van der Waals surface area contributed by atoms with E-state index in [1.165, 1.54) is 27.2 Å². The van der Waals surface area contributed by atoms with Gasteiger partial charge in [0.2, 0.25) is 5.91 Å². The molecular weight excluding hydrogens is 388 g/mol. The fraction of sp³-hybridized carbons (Fsp3) is 0.591. The molecule has 2 saturated carbocycles. The first-order valence-corrected chi connectivity index (χ1v) is 10.5. The first-order chi connectivity index (χ1) is 14.4. The van der Waals surface area contributed by atoms with Crippen LogP contribution in [0.15, 0.2) is 12.1 Å². The second-order valence-corrected chi connectivity index (χ2v) is 7.91. The zero-order valence-corrected chi connectivity index (χ0v) is 17.8. The Morgan fingerprint density at radius 3 is 2.20 bits per heavy atom. The van der Waals surface area contributed by atoms with Gasteiger partial charge in [0.1, 0.15) is 0 Å². The van der Waals surface area contributed by atoms with Crippen LogP contribution in [-0.2, 0) is 14.3 Å². The molecule has 8 heteroatoms. The third-order valence-electron chi connectivity index (χ3n) is 5.55. The second kappa shape index (κ2) is 9.82. The number of amides is 2. The Balaban J connectivity index is 1.80. The van der Waals surface area contributed by atoms with Crippen LogP contribution in [0.3, 0.4) is 0 Å². The molecular formula is C22H30N2O6. The number of benzene rings is 1. The molecule has 1 atom stereocenters. The van der Waals surface area contributed by atoms with Crippen LogP contribution < -0.4 is 20.1 Å². The van der Waals surface area contributed by atoms with Gasteiger partial charge >= 0.3 is 5.97 Å². The second-order valence-electron chi connectivity index (χ2n) is 7.91. The maximum Gasteiger partial charge on any atom is 0.341 e. The molecule has 0 aromatic heterocycles.